The standard InChI is InChI=1S/C75H122N2O19/c1-38(2)14-13-15-39(3)44-18-19-45-43-17-16-41-32-42(22-26-69(41,7)46(43)23-27-70(44,45)8)92-67(88)77-55-50(35-78)93-65(62(57(55)83)95-64-60(86)58(84)61(40(4)91-64)94-63-59(85)56(82)49(79)36-90-63)96-66(87)75-31-30-68(5,6)33-48(75)47-20-21-52-71(9)28-25-53(80)72(10,37-76-89)51(71)24-29-73(52,11)74(47,12)34-54(75)81/h20,37-46,48-65,78-86,89H,13-19,21-36H2,1-12H3,(H,77,88)/b76-37+/t39-,40?,41+,42+,43-,44?,45+,46?,48?,49-,50+,51-,52?,53+,54?,55?,56?,57?,58?,59?,60?,61+,62?,63+,64+,65+,69?,70?,71?,72-,73?,74-,75-/m1/s1. The average molecular weight is 1360 g/mol. The minimum atomic E-state index is -1.95. The second-order valence-electron chi connectivity index (χ2n) is 36.1. The number of nitrogens with zero attached hydrogens (tertiary/aromatic N) is 1. The van der Waals surface area contributed by atoms with Crippen LogP contribution >= 0.6 is 0 Å². The van der Waals surface area contributed by atoms with Crippen molar-refractivity contribution >= 4 is 18.3 Å². The third kappa shape index (κ3) is 12.0. The summed E-state index contributed by atoms with van der Waals surface area (Å²) in [7, 11) is 0. The number of oxime groups is 1. The summed E-state index contributed by atoms with van der Waals surface area (Å²) >= 11 is 0. The fourth-order valence-electron chi connectivity index (χ4n) is 24.6. The number of amides is 1. The van der Waals surface area contributed by atoms with E-state index in [1.807, 2.05) is 6.92 Å². The van der Waals surface area contributed by atoms with Crippen LogP contribution in [0.25, 0.3) is 0 Å². The number of alkyl carbamates (subject to hydrolysis) is 1. The number of aliphatic hydroxyl groups excluding tert-OH is 9. The fourth-order valence-corrected chi connectivity index (χ4v) is 24.6. The molecule has 0 aromatic rings. The van der Waals surface area contributed by atoms with Gasteiger partial charge in [-0.2, -0.15) is 0 Å². The first-order valence-corrected chi connectivity index (χ1v) is 37.5. The molecular weight excluding hydrogens is 1230 g/mol. The Balaban J connectivity index is 0.783. The molecule has 17 unspecified atom stereocenters. The van der Waals surface area contributed by atoms with E-state index in [0.29, 0.717) is 61.7 Å². The molecule has 9 aliphatic carbocycles. The minimum absolute atomic E-state index is 0.0182. The molecule has 11 fully saturated rings. The van der Waals surface area contributed by atoms with Crippen LogP contribution in [-0.4, -0.2) is 187 Å². The molecule has 3 aliphatic heterocycles. The van der Waals surface area contributed by atoms with E-state index in [4.69, 9.17) is 33.2 Å². The number of hydrogen-bond donors (Lipinski definition) is 11. The Kier molecular flexibility index (Phi) is 20.5. The molecular formula is C75H122N2O19. The van der Waals surface area contributed by atoms with E-state index in [9.17, 15) is 56.0 Å². The lowest BCUT2D eigenvalue weighted by atomic mass is 9.33. The zero-order chi connectivity index (χ0) is 69.4. The SMILES string of the molecule is CC(C)CCC[C@@H](C)C1CC[C@H]2[C@H]3CC[C@H]4C[C@@H](OC(=O)NC5C(O)C(O[C@@H]6OC(C)[C@H](O[C@@H]7OC[C@@H](O)C(O)C7O)C(O)C6O)[C@H](OC(=O)[C@]67CCC(C)(C)CC6C6=CCC8C9(C)CC[C@H](O)[C@](C)(/C=N/O)[C@@H]9CCC8(C)[C@]6(C)CC7O)O[C@H]5CO)CCC4(C)C3CCC12C. The highest BCUT2D eigenvalue weighted by molar-refractivity contribution is 5.80. The fraction of sp³-hybridized carbons (Fsp3) is 0.933. The summed E-state index contributed by atoms with van der Waals surface area (Å²) in [5.74, 6) is 3.44. The van der Waals surface area contributed by atoms with Gasteiger partial charge in [0.05, 0.1) is 43.8 Å². The molecule has 546 valence electrons. The lowest BCUT2D eigenvalue weighted by molar-refractivity contribution is -0.370. The highest BCUT2D eigenvalue weighted by Crippen LogP contribution is 2.76. The topological polar surface area (TPSA) is 325 Å². The van der Waals surface area contributed by atoms with E-state index in [2.05, 4.69) is 85.8 Å². The number of fused-ring (bicyclic) bond motifs is 12. The summed E-state index contributed by atoms with van der Waals surface area (Å²) in [6.45, 7) is 25.9. The molecule has 0 spiro atoms. The summed E-state index contributed by atoms with van der Waals surface area (Å²) in [4.78, 5) is 30.5. The third-order valence-electron chi connectivity index (χ3n) is 30.4. The predicted octanol–water partition coefficient (Wildman–Crippen LogP) is 8.44. The first kappa shape index (κ1) is 73.2. The molecule has 12 aliphatic rings. The second kappa shape index (κ2) is 26.9. The molecule has 0 bridgehead atoms. The number of allylic oxidation sites excluding steroid dienone is 2. The number of nitrogens with one attached hydrogen (secondary N) is 1. The first-order valence-electron chi connectivity index (χ1n) is 37.5. The molecule has 3 saturated heterocycles. The van der Waals surface area contributed by atoms with Crippen LogP contribution in [-0.2, 0) is 38.0 Å². The number of carbonyl (C=O) groups excluding carboxylic acids is 2. The van der Waals surface area contributed by atoms with E-state index in [0.717, 1.165) is 61.3 Å². The van der Waals surface area contributed by atoms with Crippen LogP contribution in [0.5, 0.6) is 0 Å². The second-order valence-corrected chi connectivity index (χ2v) is 36.1. The van der Waals surface area contributed by atoms with E-state index >= 15 is 4.79 Å². The molecule has 11 N–H and O–H groups in total. The van der Waals surface area contributed by atoms with E-state index in [1.165, 1.54) is 64.5 Å². The molecule has 21 heteroatoms. The molecule has 96 heavy (non-hydrogen) atoms. The van der Waals surface area contributed by atoms with Crippen LogP contribution < -0.4 is 5.32 Å². The van der Waals surface area contributed by atoms with Gasteiger partial charge in [0.25, 0.3) is 0 Å². The van der Waals surface area contributed by atoms with Crippen LogP contribution in [0.15, 0.2) is 16.8 Å². The lowest BCUT2D eigenvalue weighted by Gasteiger charge is -2.71. The van der Waals surface area contributed by atoms with Crippen molar-refractivity contribution < 1.29 is 93.9 Å². The van der Waals surface area contributed by atoms with Crippen LogP contribution in [0.4, 0.5) is 4.79 Å². The van der Waals surface area contributed by atoms with Crippen molar-refractivity contribution in [1.82, 2.24) is 5.32 Å². The van der Waals surface area contributed by atoms with Crippen molar-refractivity contribution in [3.05, 3.63) is 11.6 Å². The van der Waals surface area contributed by atoms with Gasteiger partial charge in [-0.25, -0.2) is 4.79 Å². The van der Waals surface area contributed by atoms with Gasteiger partial charge < -0.3 is 89.6 Å². The summed E-state index contributed by atoms with van der Waals surface area (Å²) in [5, 5.41) is 120. The van der Waals surface area contributed by atoms with Crippen LogP contribution in [0.3, 0.4) is 0 Å². The molecule has 0 aromatic carbocycles. The molecule has 33 atom stereocenters. The molecule has 1 amide bonds. The molecule has 0 aromatic heterocycles. The zero-order valence-corrected chi connectivity index (χ0v) is 59.6. The van der Waals surface area contributed by atoms with Gasteiger partial charge in [0.2, 0.25) is 6.29 Å². The number of hydrogen-bond acceptors (Lipinski definition) is 20. The molecule has 21 nitrogen and oxygen atoms in total. The Labute approximate surface area is 569 Å². The largest absolute Gasteiger partial charge is 0.446 e. The van der Waals surface area contributed by atoms with Gasteiger partial charge >= 0.3 is 12.1 Å². The Morgan fingerprint density at radius 1 is 0.688 bits per heavy atom. The number of ether oxygens (including phenoxy) is 7. The summed E-state index contributed by atoms with van der Waals surface area (Å²) in [6.07, 6.45) is -2.05. The minimum Gasteiger partial charge on any atom is -0.446 e. The van der Waals surface area contributed by atoms with Crippen molar-refractivity contribution in [2.75, 3.05) is 13.2 Å². The molecule has 3 heterocycles. The quantitative estimate of drug-likeness (QED) is 0.0241. The monoisotopic (exact) mass is 1350 g/mol. The predicted molar refractivity (Wildman–Crippen MR) is 353 cm³/mol. The molecule has 8 saturated carbocycles. The number of aliphatic hydroxyl groups is 9. The maximum Gasteiger partial charge on any atom is 0.407 e. The Bertz CT molecular complexity index is 2840. The summed E-state index contributed by atoms with van der Waals surface area (Å²) in [5.41, 5.74) is -2.22. The normalized spacial score (nSPS) is 52.4. The van der Waals surface area contributed by atoms with Gasteiger partial charge in [0.15, 0.2) is 18.7 Å². The van der Waals surface area contributed by atoms with Gasteiger partial charge in [-0.1, -0.05) is 107 Å². The number of carbonyl (C=O) groups is 2. The van der Waals surface area contributed by atoms with E-state index in [-0.39, 0.29) is 46.3 Å². The maximum atomic E-state index is 16.0. The maximum absolute atomic E-state index is 16.0. The first-order chi connectivity index (χ1) is 45.2. The smallest absolute Gasteiger partial charge is 0.407 e. The Morgan fingerprint density at radius 3 is 2.10 bits per heavy atom. The summed E-state index contributed by atoms with van der Waals surface area (Å²) in [6, 6.07) is -1.45. The van der Waals surface area contributed by atoms with Crippen molar-refractivity contribution in [1.29, 1.82) is 0 Å². The third-order valence-corrected chi connectivity index (χ3v) is 30.4. The van der Waals surface area contributed by atoms with Crippen LogP contribution in [0.1, 0.15) is 218 Å². The summed E-state index contributed by atoms with van der Waals surface area (Å²) < 4.78 is 43.5. The van der Waals surface area contributed by atoms with E-state index in [1.54, 1.807) is 0 Å². The van der Waals surface area contributed by atoms with Crippen molar-refractivity contribution in [3.63, 3.8) is 0 Å². The Morgan fingerprint density at radius 2 is 1.39 bits per heavy atom. The lowest BCUT2D eigenvalue weighted by Crippen LogP contribution is -2.69. The van der Waals surface area contributed by atoms with Crippen molar-refractivity contribution in [2.45, 2.75) is 322 Å². The molecule has 12 rings (SSSR count). The van der Waals surface area contributed by atoms with Gasteiger partial charge in [0.1, 0.15) is 60.4 Å². The van der Waals surface area contributed by atoms with Gasteiger partial charge in [-0.3, -0.25) is 4.79 Å². The van der Waals surface area contributed by atoms with Crippen LogP contribution in [0, 0.1) is 102 Å². The number of esters is 1. The number of rotatable bonds is 15. The average Bonchev–Trinajstić information content (AvgIpc) is 0.791. The van der Waals surface area contributed by atoms with Crippen molar-refractivity contribution in [2.24, 2.45) is 108 Å². The van der Waals surface area contributed by atoms with Gasteiger partial charge in [-0.05, 0) is 214 Å². The van der Waals surface area contributed by atoms with E-state index < -0.39 is 152 Å². The van der Waals surface area contributed by atoms with Gasteiger partial charge in [0, 0.05) is 5.41 Å². The highest BCUT2D eigenvalue weighted by atomic mass is 16.8. The van der Waals surface area contributed by atoms with Crippen molar-refractivity contribution in [3.8, 4) is 0 Å². The highest BCUT2D eigenvalue weighted by Gasteiger charge is 2.73. The Hall–Kier alpha value is -2.61. The zero-order valence-electron chi connectivity index (χ0n) is 59.6. The molecule has 0 radical (unpaired) electrons. The van der Waals surface area contributed by atoms with Crippen LogP contribution in [0.2, 0.25) is 0 Å². The van der Waals surface area contributed by atoms with Gasteiger partial charge in [-0.15, -0.1) is 5.16 Å².